The number of halogens is 1. The zero-order chi connectivity index (χ0) is 18.4. The molecule has 0 fully saturated rings. The number of ether oxygens (including phenoxy) is 2. The highest BCUT2D eigenvalue weighted by molar-refractivity contribution is 6.02. The molecule has 0 aliphatic rings. The summed E-state index contributed by atoms with van der Waals surface area (Å²) in [6.07, 6.45) is -1.04. The molecule has 0 radical (unpaired) electrons. The molecule has 0 aliphatic carbocycles. The minimum absolute atomic E-state index is 0.0881. The maximum absolute atomic E-state index is 13.5. The maximum Gasteiger partial charge on any atom is 0.412 e. The van der Waals surface area contributed by atoms with Gasteiger partial charge in [0.15, 0.2) is 0 Å². The van der Waals surface area contributed by atoms with Gasteiger partial charge in [-0.25, -0.2) is 14.0 Å². The van der Waals surface area contributed by atoms with Crippen LogP contribution in [-0.2, 0) is 16.1 Å². The van der Waals surface area contributed by atoms with Crippen LogP contribution in [0.3, 0.4) is 0 Å². The summed E-state index contributed by atoms with van der Waals surface area (Å²) in [6, 6.07) is 10.0. The van der Waals surface area contributed by atoms with Crippen molar-refractivity contribution in [3.63, 3.8) is 0 Å². The molecule has 25 heavy (non-hydrogen) atoms. The lowest BCUT2D eigenvalue weighted by atomic mass is 10.1. The number of methoxy groups -OCH3 is 1. The molecule has 0 aliphatic heterocycles. The summed E-state index contributed by atoms with van der Waals surface area (Å²) < 4.78 is 22.9. The number of amides is 1. The second-order valence-electron chi connectivity index (χ2n) is 4.78. The third kappa shape index (κ3) is 4.50. The molecule has 0 saturated heterocycles. The standard InChI is InChI=1S/C16H13FN2O6/c1-24-15(20)12-7-11(17)8-13(19(22)23)14(12)18-16(21)25-9-10-5-3-2-4-6-10/h2-8H,9H2,1H3,(H,18,21). The summed E-state index contributed by atoms with van der Waals surface area (Å²) >= 11 is 0. The van der Waals surface area contributed by atoms with E-state index in [9.17, 15) is 24.1 Å². The Kier molecular flexibility index (Phi) is 5.62. The second-order valence-corrected chi connectivity index (χ2v) is 4.78. The molecule has 9 heteroatoms. The van der Waals surface area contributed by atoms with Crippen molar-refractivity contribution in [2.75, 3.05) is 12.4 Å². The van der Waals surface area contributed by atoms with E-state index in [1.807, 2.05) is 0 Å². The van der Waals surface area contributed by atoms with Crippen molar-refractivity contribution < 1.29 is 28.4 Å². The highest BCUT2D eigenvalue weighted by Crippen LogP contribution is 2.30. The summed E-state index contributed by atoms with van der Waals surface area (Å²) in [5, 5.41) is 13.2. The Hall–Kier alpha value is -3.49. The highest BCUT2D eigenvalue weighted by atomic mass is 19.1. The molecule has 0 heterocycles. The van der Waals surface area contributed by atoms with Crippen molar-refractivity contribution in [2.24, 2.45) is 0 Å². The quantitative estimate of drug-likeness (QED) is 0.505. The van der Waals surface area contributed by atoms with Gasteiger partial charge in [0.2, 0.25) is 0 Å². The number of rotatable bonds is 5. The summed E-state index contributed by atoms with van der Waals surface area (Å²) in [6.45, 7) is -0.0881. The minimum Gasteiger partial charge on any atom is -0.465 e. The average Bonchev–Trinajstić information content (AvgIpc) is 2.61. The van der Waals surface area contributed by atoms with Crippen LogP contribution < -0.4 is 5.32 Å². The van der Waals surface area contributed by atoms with Crippen LogP contribution in [0.25, 0.3) is 0 Å². The first-order chi connectivity index (χ1) is 11.9. The van der Waals surface area contributed by atoms with Crippen LogP contribution in [-0.4, -0.2) is 24.1 Å². The number of nitrogens with one attached hydrogen (secondary N) is 1. The summed E-state index contributed by atoms with van der Waals surface area (Å²) in [5.41, 5.74) is -1.10. The largest absolute Gasteiger partial charge is 0.465 e. The predicted octanol–water partition coefficient (Wildman–Crippen LogP) is 3.27. The number of benzene rings is 2. The number of nitro benzene ring substituents is 1. The van der Waals surface area contributed by atoms with Gasteiger partial charge in [0.1, 0.15) is 18.1 Å². The number of hydrogen-bond donors (Lipinski definition) is 1. The van der Waals surface area contributed by atoms with E-state index < -0.39 is 39.7 Å². The summed E-state index contributed by atoms with van der Waals surface area (Å²) in [4.78, 5) is 33.8. The third-order valence-corrected chi connectivity index (χ3v) is 3.12. The molecule has 2 aromatic rings. The maximum atomic E-state index is 13.5. The van der Waals surface area contributed by atoms with Gasteiger partial charge in [-0.15, -0.1) is 0 Å². The zero-order valence-corrected chi connectivity index (χ0v) is 13.0. The van der Waals surface area contributed by atoms with E-state index in [0.717, 1.165) is 13.2 Å². The van der Waals surface area contributed by atoms with E-state index in [1.165, 1.54) is 0 Å². The topological polar surface area (TPSA) is 108 Å². The Morgan fingerprint density at radius 3 is 2.52 bits per heavy atom. The Bertz CT molecular complexity index is 810. The molecule has 2 rings (SSSR count). The molecule has 8 nitrogen and oxygen atoms in total. The van der Waals surface area contributed by atoms with E-state index in [4.69, 9.17) is 4.74 Å². The molecule has 0 aromatic heterocycles. The van der Waals surface area contributed by atoms with Crippen molar-refractivity contribution in [1.29, 1.82) is 0 Å². The molecule has 0 spiro atoms. The van der Waals surface area contributed by atoms with Gasteiger partial charge in [-0.1, -0.05) is 30.3 Å². The van der Waals surface area contributed by atoms with Crippen molar-refractivity contribution in [3.8, 4) is 0 Å². The van der Waals surface area contributed by atoms with Crippen LogP contribution in [0.1, 0.15) is 15.9 Å². The molecule has 1 amide bonds. The van der Waals surface area contributed by atoms with Crippen molar-refractivity contribution in [2.45, 2.75) is 6.61 Å². The number of esters is 1. The number of nitrogens with zero attached hydrogens (tertiary/aromatic N) is 1. The van der Waals surface area contributed by atoms with Crippen LogP contribution in [0.15, 0.2) is 42.5 Å². The van der Waals surface area contributed by atoms with Crippen LogP contribution in [0.2, 0.25) is 0 Å². The first kappa shape index (κ1) is 17.9. The van der Waals surface area contributed by atoms with E-state index in [0.29, 0.717) is 11.6 Å². The smallest absolute Gasteiger partial charge is 0.412 e. The number of hydrogen-bond acceptors (Lipinski definition) is 6. The highest BCUT2D eigenvalue weighted by Gasteiger charge is 2.26. The predicted molar refractivity (Wildman–Crippen MR) is 84.6 cm³/mol. The lowest BCUT2D eigenvalue weighted by molar-refractivity contribution is -0.384. The monoisotopic (exact) mass is 348 g/mol. The fraction of sp³-hybridized carbons (Fsp3) is 0.125. The first-order valence-electron chi connectivity index (χ1n) is 6.96. The van der Waals surface area contributed by atoms with Gasteiger partial charge >= 0.3 is 12.1 Å². The molecule has 1 N–H and O–H groups in total. The fourth-order valence-electron chi connectivity index (χ4n) is 2.00. The lowest BCUT2D eigenvalue weighted by Crippen LogP contribution is -2.18. The SMILES string of the molecule is COC(=O)c1cc(F)cc([N+](=O)[O-])c1NC(=O)OCc1ccccc1. The molecule has 2 aromatic carbocycles. The summed E-state index contributed by atoms with van der Waals surface area (Å²) in [7, 11) is 1.02. The average molecular weight is 348 g/mol. The Labute approximate surface area is 141 Å². The van der Waals surface area contributed by atoms with E-state index in [-0.39, 0.29) is 6.61 Å². The van der Waals surface area contributed by atoms with E-state index in [2.05, 4.69) is 10.1 Å². The normalized spacial score (nSPS) is 10.0. The number of carbonyl (C=O) groups excluding carboxylic acids is 2. The van der Waals surface area contributed by atoms with Crippen LogP contribution in [0.4, 0.5) is 20.6 Å². The van der Waals surface area contributed by atoms with Gasteiger partial charge < -0.3 is 9.47 Å². The van der Waals surface area contributed by atoms with Gasteiger partial charge in [0, 0.05) is 0 Å². The second kappa shape index (κ2) is 7.86. The molecule has 0 unspecified atom stereocenters. The molecular formula is C16H13FN2O6. The van der Waals surface area contributed by atoms with Crippen molar-refractivity contribution in [3.05, 3.63) is 69.5 Å². The molecule has 0 bridgehead atoms. The van der Waals surface area contributed by atoms with Gasteiger partial charge in [-0.05, 0) is 11.6 Å². The number of anilines is 1. The number of carbonyl (C=O) groups is 2. The number of nitro groups is 1. The zero-order valence-electron chi connectivity index (χ0n) is 13.0. The van der Waals surface area contributed by atoms with Gasteiger partial charge in [-0.2, -0.15) is 0 Å². The van der Waals surface area contributed by atoms with Crippen LogP contribution in [0.5, 0.6) is 0 Å². The van der Waals surface area contributed by atoms with Gasteiger partial charge in [0.05, 0.1) is 23.7 Å². The van der Waals surface area contributed by atoms with Crippen molar-refractivity contribution in [1.82, 2.24) is 0 Å². The molecule has 0 saturated carbocycles. The van der Waals surface area contributed by atoms with Crippen LogP contribution in [0, 0.1) is 15.9 Å². The Morgan fingerprint density at radius 2 is 1.92 bits per heavy atom. The Balaban J connectivity index is 2.25. The fourth-order valence-corrected chi connectivity index (χ4v) is 2.00. The third-order valence-electron chi connectivity index (χ3n) is 3.12. The molecular weight excluding hydrogens is 335 g/mol. The minimum atomic E-state index is -1.04. The first-order valence-corrected chi connectivity index (χ1v) is 6.96. The van der Waals surface area contributed by atoms with E-state index in [1.54, 1.807) is 30.3 Å². The molecule has 130 valence electrons. The summed E-state index contributed by atoms with van der Waals surface area (Å²) in [5.74, 6) is -2.06. The van der Waals surface area contributed by atoms with Crippen LogP contribution >= 0.6 is 0 Å². The van der Waals surface area contributed by atoms with Crippen molar-refractivity contribution >= 4 is 23.4 Å². The van der Waals surface area contributed by atoms with Gasteiger partial charge in [-0.3, -0.25) is 15.4 Å². The molecule has 0 atom stereocenters. The Morgan fingerprint density at radius 1 is 1.24 bits per heavy atom. The van der Waals surface area contributed by atoms with Gasteiger partial charge in [0.25, 0.3) is 5.69 Å². The van der Waals surface area contributed by atoms with E-state index >= 15 is 0 Å². The lowest BCUT2D eigenvalue weighted by Gasteiger charge is -2.11.